The van der Waals surface area contributed by atoms with Gasteiger partial charge in [-0.3, -0.25) is 0 Å². The summed E-state index contributed by atoms with van der Waals surface area (Å²) < 4.78 is 17.7. The van der Waals surface area contributed by atoms with Crippen molar-refractivity contribution in [3.8, 4) is 0 Å². The maximum absolute atomic E-state index is 13.6. The van der Waals surface area contributed by atoms with E-state index in [0.717, 1.165) is 28.2 Å². The van der Waals surface area contributed by atoms with E-state index in [1.165, 1.54) is 17.6 Å². The molecule has 3 nitrogen and oxygen atoms in total. The fourth-order valence-corrected chi connectivity index (χ4v) is 3.18. The molecule has 0 aliphatic heterocycles. The molecule has 1 N–H and O–H groups in total. The van der Waals surface area contributed by atoms with Crippen LogP contribution >= 0.6 is 11.5 Å². The molecule has 0 aliphatic rings. The first-order chi connectivity index (χ1) is 9.54. The number of hydrogen-bond acceptors (Lipinski definition) is 4. The highest BCUT2D eigenvalue weighted by Crippen LogP contribution is 2.32. The first kappa shape index (κ1) is 15.1. The summed E-state index contributed by atoms with van der Waals surface area (Å²) in [7, 11) is 0. The average Bonchev–Trinajstić information content (AvgIpc) is 2.88. The quantitative estimate of drug-likeness (QED) is 0.911. The van der Waals surface area contributed by atoms with Gasteiger partial charge in [0.25, 0.3) is 0 Å². The summed E-state index contributed by atoms with van der Waals surface area (Å²) >= 11 is 1.39. The molecule has 0 aliphatic carbocycles. The molecule has 0 fully saturated rings. The molecule has 0 bridgehead atoms. The highest BCUT2D eigenvalue weighted by molar-refractivity contribution is 7.05. The molecule has 0 saturated heterocycles. The van der Waals surface area contributed by atoms with Crippen LogP contribution in [0.2, 0.25) is 0 Å². The van der Waals surface area contributed by atoms with Gasteiger partial charge in [0.05, 0.1) is 16.6 Å². The molecule has 0 spiro atoms. The number of aromatic nitrogens is 2. The Morgan fingerprint density at radius 1 is 1.35 bits per heavy atom. The number of rotatable bonds is 5. The highest BCUT2D eigenvalue weighted by Gasteiger charge is 2.23. The molecule has 2 aromatic rings. The molecular formula is C15H20FN3S. The van der Waals surface area contributed by atoms with Crippen LogP contribution in [0, 0.1) is 12.7 Å². The van der Waals surface area contributed by atoms with Gasteiger partial charge in [-0.25, -0.2) is 4.39 Å². The van der Waals surface area contributed by atoms with E-state index in [9.17, 15) is 4.39 Å². The summed E-state index contributed by atoms with van der Waals surface area (Å²) in [5.41, 5.74) is 3.02. The van der Waals surface area contributed by atoms with Gasteiger partial charge in [0.1, 0.15) is 5.82 Å². The van der Waals surface area contributed by atoms with Crippen LogP contribution in [-0.2, 0) is 0 Å². The Bertz CT molecular complexity index is 580. The Hall–Kier alpha value is -1.33. The van der Waals surface area contributed by atoms with Crippen LogP contribution in [0.5, 0.6) is 0 Å². The van der Waals surface area contributed by atoms with E-state index < -0.39 is 0 Å². The first-order valence-electron chi connectivity index (χ1n) is 6.86. The van der Waals surface area contributed by atoms with Gasteiger partial charge in [-0.1, -0.05) is 31.3 Å². The van der Waals surface area contributed by atoms with Gasteiger partial charge in [-0.15, -0.1) is 5.10 Å². The summed E-state index contributed by atoms with van der Waals surface area (Å²) in [5.74, 6) is 0.0934. The minimum atomic E-state index is -0.211. The maximum atomic E-state index is 13.6. The summed E-state index contributed by atoms with van der Waals surface area (Å²) in [6.45, 7) is 9.05. The van der Waals surface area contributed by atoms with Crippen molar-refractivity contribution in [3.05, 3.63) is 45.7 Å². The number of aryl methyl sites for hydroxylation is 1. The van der Waals surface area contributed by atoms with E-state index in [4.69, 9.17) is 0 Å². The van der Waals surface area contributed by atoms with Crippen LogP contribution in [-0.4, -0.2) is 16.1 Å². The molecular weight excluding hydrogens is 273 g/mol. The minimum Gasteiger partial charge on any atom is -0.306 e. The van der Waals surface area contributed by atoms with Crippen molar-refractivity contribution < 1.29 is 4.39 Å². The van der Waals surface area contributed by atoms with E-state index in [1.54, 1.807) is 6.07 Å². The molecule has 0 saturated carbocycles. The molecule has 108 valence electrons. The molecule has 2 rings (SSSR count). The molecule has 1 aromatic heterocycles. The van der Waals surface area contributed by atoms with Gasteiger partial charge in [0.15, 0.2) is 0 Å². The lowest BCUT2D eigenvalue weighted by atomic mass is 9.96. The monoisotopic (exact) mass is 293 g/mol. The van der Waals surface area contributed by atoms with Crippen LogP contribution in [0.4, 0.5) is 4.39 Å². The third kappa shape index (κ3) is 3.04. The lowest BCUT2D eigenvalue weighted by Gasteiger charge is -2.20. The van der Waals surface area contributed by atoms with E-state index in [0.29, 0.717) is 5.92 Å². The second kappa shape index (κ2) is 6.41. The zero-order valence-corrected chi connectivity index (χ0v) is 13.1. The Morgan fingerprint density at radius 3 is 2.75 bits per heavy atom. The zero-order chi connectivity index (χ0) is 14.7. The molecule has 20 heavy (non-hydrogen) atoms. The Kier molecular flexibility index (Phi) is 4.83. The van der Waals surface area contributed by atoms with Crippen molar-refractivity contribution >= 4 is 11.5 Å². The van der Waals surface area contributed by atoms with Gasteiger partial charge < -0.3 is 5.32 Å². The van der Waals surface area contributed by atoms with Crippen LogP contribution in [0.1, 0.15) is 54.4 Å². The molecule has 1 heterocycles. The minimum absolute atomic E-state index is 0.0481. The van der Waals surface area contributed by atoms with Gasteiger partial charge >= 0.3 is 0 Å². The largest absolute Gasteiger partial charge is 0.306 e. The summed E-state index contributed by atoms with van der Waals surface area (Å²) in [4.78, 5) is 1.08. The standard InChI is InChI=1S/C15H20FN3S/c1-5-17-14(12-8-11(16)7-6-10(12)4)15-13(9(2)3)18-19-20-15/h6-9,14,17H,5H2,1-4H3. The fraction of sp³-hybridized carbons (Fsp3) is 0.467. The number of hydrogen-bond donors (Lipinski definition) is 1. The van der Waals surface area contributed by atoms with E-state index in [2.05, 4.69) is 28.8 Å². The smallest absolute Gasteiger partial charge is 0.123 e. The zero-order valence-electron chi connectivity index (χ0n) is 12.3. The predicted octanol–water partition coefficient (Wildman–Crippen LogP) is 3.81. The highest BCUT2D eigenvalue weighted by atomic mass is 32.1. The predicted molar refractivity (Wildman–Crippen MR) is 80.7 cm³/mol. The summed E-state index contributed by atoms with van der Waals surface area (Å²) in [6.07, 6.45) is 0. The Labute approximate surface area is 123 Å². The topological polar surface area (TPSA) is 37.8 Å². The SMILES string of the molecule is CCNC(c1cc(F)ccc1C)c1snnc1C(C)C. The van der Waals surface area contributed by atoms with E-state index in [-0.39, 0.29) is 11.9 Å². The molecule has 5 heteroatoms. The fourth-order valence-electron chi connectivity index (χ4n) is 2.28. The van der Waals surface area contributed by atoms with Crippen LogP contribution in [0.15, 0.2) is 18.2 Å². The van der Waals surface area contributed by atoms with Crippen molar-refractivity contribution in [2.45, 2.75) is 39.7 Å². The second-order valence-corrected chi connectivity index (χ2v) is 5.95. The van der Waals surface area contributed by atoms with Gasteiger partial charge in [0.2, 0.25) is 0 Å². The lowest BCUT2D eigenvalue weighted by molar-refractivity contribution is 0.599. The number of nitrogens with zero attached hydrogens (tertiary/aromatic N) is 2. The average molecular weight is 293 g/mol. The maximum Gasteiger partial charge on any atom is 0.123 e. The van der Waals surface area contributed by atoms with Crippen LogP contribution in [0.3, 0.4) is 0 Å². The van der Waals surface area contributed by atoms with Gasteiger partial charge in [-0.05, 0) is 54.2 Å². The molecule has 0 amide bonds. The number of nitrogens with one attached hydrogen (secondary N) is 1. The Morgan fingerprint density at radius 2 is 2.10 bits per heavy atom. The van der Waals surface area contributed by atoms with Crippen LogP contribution < -0.4 is 5.32 Å². The van der Waals surface area contributed by atoms with E-state index in [1.807, 2.05) is 19.9 Å². The first-order valence-corrected chi connectivity index (χ1v) is 7.63. The Balaban J connectivity index is 2.50. The lowest BCUT2D eigenvalue weighted by Crippen LogP contribution is -2.23. The van der Waals surface area contributed by atoms with Crippen molar-refractivity contribution in [2.75, 3.05) is 6.54 Å². The summed E-state index contributed by atoms with van der Waals surface area (Å²) in [6, 6.07) is 4.87. The summed E-state index contributed by atoms with van der Waals surface area (Å²) in [5, 5.41) is 7.66. The second-order valence-electron chi connectivity index (χ2n) is 5.17. The molecule has 1 atom stereocenters. The molecule has 0 radical (unpaired) electrons. The van der Waals surface area contributed by atoms with Gasteiger partial charge in [0, 0.05) is 0 Å². The molecule has 1 unspecified atom stereocenters. The van der Waals surface area contributed by atoms with Crippen LogP contribution in [0.25, 0.3) is 0 Å². The van der Waals surface area contributed by atoms with E-state index >= 15 is 0 Å². The van der Waals surface area contributed by atoms with Crippen molar-refractivity contribution in [3.63, 3.8) is 0 Å². The van der Waals surface area contributed by atoms with Crippen molar-refractivity contribution in [2.24, 2.45) is 0 Å². The number of benzene rings is 1. The van der Waals surface area contributed by atoms with Crippen molar-refractivity contribution in [1.82, 2.24) is 14.9 Å². The van der Waals surface area contributed by atoms with Gasteiger partial charge in [-0.2, -0.15) is 0 Å². The molecule has 1 aromatic carbocycles. The number of halogens is 1. The third-order valence-electron chi connectivity index (χ3n) is 3.31. The third-order valence-corrected chi connectivity index (χ3v) is 4.11. The normalized spacial score (nSPS) is 12.9. The van der Waals surface area contributed by atoms with Crippen molar-refractivity contribution in [1.29, 1.82) is 0 Å².